The topological polar surface area (TPSA) is 65.5 Å². The van der Waals surface area contributed by atoms with Gasteiger partial charge in [-0.2, -0.15) is 0 Å². The molecular weight excluding hydrogens is 487 g/mol. The number of guanidine groups is 1. The van der Waals surface area contributed by atoms with E-state index in [9.17, 15) is 4.79 Å². The van der Waals surface area contributed by atoms with Gasteiger partial charge in [-0.15, -0.1) is 24.0 Å². The van der Waals surface area contributed by atoms with Gasteiger partial charge >= 0.3 is 0 Å². The number of halogens is 1. The summed E-state index contributed by atoms with van der Waals surface area (Å²) in [6, 6.07) is 15.6. The van der Waals surface area contributed by atoms with Gasteiger partial charge in [-0.3, -0.25) is 4.79 Å². The fourth-order valence-electron chi connectivity index (χ4n) is 4.21. The second-order valence-electron chi connectivity index (χ2n) is 8.32. The van der Waals surface area contributed by atoms with Crippen LogP contribution in [0.2, 0.25) is 0 Å². The van der Waals surface area contributed by atoms with Crippen molar-refractivity contribution in [2.24, 2.45) is 10.9 Å². The van der Waals surface area contributed by atoms with E-state index in [0.717, 1.165) is 51.0 Å². The zero-order valence-corrected chi connectivity index (χ0v) is 20.0. The summed E-state index contributed by atoms with van der Waals surface area (Å²) in [6.45, 7) is 3.54. The molecule has 30 heavy (non-hydrogen) atoms. The number of amides is 1. The van der Waals surface area contributed by atoms with Crippen LogP contribution in [0, 0.1) is 5.92 Å². The third kappa shape index (κ3) is 6.09. The first-order valence-electron chi connectivity index (χ1n) is 11.0. The van der Waals surface area contributed by atoms with E-state index < -0.39 is 0 Å². The van der Waals surface area contributed by atoms with Gasteiger partial charge in [0.1, 0.15) is 0 Å². The van der Waals surface area contributed by atoms with Gasteiger partial charge in [-0.25, -0.2) is 4.99 Å². The van der Waals surface area contributed by atoms with Crippen molar-refractivity contribution in [3.63, 3.8) is 0 Å². The van der Waals surface area contributed by atoms with Crippen molar-refractivity contribution in [2.75, 3.05) is 6.54 Å². The van der Waals surface area contributed by atoms with Crippen molar-refractivity contribution in [1.29, 1.82) is 0 Å². The Labute approximate surface area is 196 Å². The molecule has 2 aromatic rings. The van der Waals surface area contributed by atoms with Gasteiger partial charge in [0.2, 0.25) is 5.91 Å². The minimum absolute atomic E-state index is 0. The van der Waals surface area contributed by atoms with Crippen LogP contribution in [0.1, 0.15) is 51.0 Å². The van der Waals surface area contributed by atoms with Gasteiger partial charge in [-0.05, 0) is 55.4 Å². The molecule has 3 N–H and O–H groups in total. The summed E-state index contributed by atoms with van der Waals surface area (Å²) in [4.78, 5) is 17.3. The summed E-state index contributed by atoms with van der Waals surface area (Å²) >= 11 is 0. The van der Waals surface area contributed by atoms with E-state index in [2.05, 4.69) is 65.3 Å². The highest BCUT2D eigenvalue weighted by atomic mass is 127. The average molecular weight is 520 g/mol. The number of carbonyl (C=O) groups is 1. The molecule has 1 amide bonds. The SMILES string of the molecule is CCNC(=NCc1cccc2ccccc12)NC1CCCC(C(=O)NC2CC2)C1.I. The van der Waals surface area contributed by atoms with Crippen LogP contribution in [0.25, 0.3) is 10.8 Å². The molecule has 0 saturated heterocycles. The van der Waals surface area contributed by atoms with Crippen LogP contribution in [-0.2, 0) is 11.3 Å². The molecule has 0 radical (unpaired) electrons. The summed E-state index contributed by atoms with van der Waals surface area (Å²) in [7, 11) is 0. The monoisotopic (exact) mass is 520 g/mol. The number of carbonyl (C=O) groups excluding carboxylic acids is 1. The first kappa shape index (κ1) is 22.8. The van der Waals surface area contributed by atoms with Gasteiger partial charge in [0, 0.05) is 24.5 Å². The van der Waals surface area contributed by atoms with Gasteiger partial charge < -0.3 is 16.0 Å². The van der Waals surface area contributed by atoms with E-state index >= 15 is 0 Å². The normalized spacial score (nSPS) is 21.6. The van der Waals surface area contributed by atoms with Crippen molar-refractivity contribution in [2.45, 2.75) is 64.1 Å². The zero-order valence-electron chi connectivity index (χ0n) is 17.7. The predicted octanol–water partition coefficient (Wildman–Crippen LogP) is 4.35. The molecule has 2 aromatic carbocycles. The molecular formula is C24H33IN4O. The Bertz CT molecular complexity index is 875. The van der Waals surface area contributed by atoms with E-state index in [4.69, 9.17) is 4.99 Å². The summed E-state index contributed by atoms with van der Waals surface area (Å²) in [6.07, 6.45) is 6.35. The quantitative estimate of drug-likeness (QED) is 0.302. The summed E-state index contributed by atoms with van der Waals surface area (Å²) in [5.74, 6) is 1.22. The molecule has 2 saturated carbocycles. The third-order valence-electron chi connectivity index (χ3n) is 5.94. The van der Waals surface area contributed by atoms with Crippen molar-refractivity contribution in [3.05, 3.63) is 48.0 Å². The van der Waals surface area contributed by atoms with Gasteiger partial charge in [0.05, 0.1) is 6.54 Å². The largest absolute Gasteiger partial charge is 0.357 e. The Morgan fingerprint density at radius 3 is 2.60 bits per heavy atom. The number of nitrogens with zero attached hydrogens (tertiary/aromatic N) is 1. The van der Waals surface area contributed by atoms with Crippen LogP contribution in [0.3, 0.4) is 0 Å². The lowest BCUT2D eigenvalue weighted by molar-refractivity contribution is -0.126. The molecule has 0 aromatic heterocycles. The maximum Gasteiger partial charge on any atom is 0.223 e. The number of nitrogens with one attached hydrogen (secondary N) is 3. The van der Waals surface area contributed by atoms with Crippen molar-refractivity contribution in [1.82, 2.24) is 16.0 Å². The molecule has 0 heterocycles. The average Bonchev–Trinajstić information content (AvgIpc) is 3.56. The summed E-state index contributed by atoms with van der Waals surface area (Å²) < 4.78 is 0. The van der Waals surface area contributed by atoms with Crippen molar-refractivity contribution in [3.8, 4) is 0 Å². The van der Waals surface area contributed by atoms with Crippen LogP contribution in [0.5, 0.6) is 0 Å². The van der Waals surface area contributed by atoms with E-state index in [1.54, 1.807) is 0 Å². The molecule has 2 aliphatic carbocycles. The lowest BCUT2D eigenvalue weighted by Crippen LogP contribution is -2.47. The van der Waals surface area contributed by atoms with Crippen LogP contribution < -0.4 is 16.0 Å². The molecule has 0 spiro atoms. The number of benzene rings is 2. The van der Waals surface area contributed by atoms with Crippen LogP contribution in [0.4, 0.5) is 0 Å². The highest BCUT2D eigenvalue weighted by Gasteiger charge is 2.31. The Morgan fingerprint density at radius 1 is 1.00 bits per heavy atom. The number of hydrogen-bond donors (Lipinski definition) is 3. The molecule has 2 aliphatic rings. The van der Waals surface area contributed by atoms with E-state index in [1.807, 2.05) is 0 Å². The maximum absolute atomic E-state index is 12.5. The van der Waals surface area contributed by atoms with Gasteiger partial charge in [-0.1, -0.05) is 48.9 Å². The first-order valence-corrected chi connectivity index (χ1v) is 11.0. The van der Waals surface area contributed by atoms with Crippen molar-refractivity contribution < 1.29 is 4.79 Å². The molecule has 5 nitrogen and oxygen atoms in total. The summed E-state index contributed by atoms with van der Waals surface area (Å²) in [5.41, 5.74) is 1.23. The molecule has 6 heteroatoms. The van der Waals surface area contributed by atoms with E-state index in [-0.39, 0.29) is 35.8 Å². The van der Waals surface area contributed by atoms with Gasteiger partial charge in [0.25, 0.3) is 0 Å². The Balaban J connectivity index is 0.00000256. The van der Waals surface area contributed by atoms with Crippen LogP contribution in [-0.4, -0.2) is 30.5 Å². The Morgan fingerprint density at radius 2 is 1.80 bits per heavy atom. The maximum atomic E-state index is 12.5. The predicted molar refractivity (Wildman–Crippen MR) is 134 cm³/mol. The zero-order chi connectivity index (χ0) is 20.1. The fraction of sp³-hybridized carbons (Fsp3) is 0.500. The highest BCUT2D eigenvalue weighted by Crippen LogP contribution is 2.27. The van der Waals surface area contributed by atoms with Crippen LogP contribution >= 0.6 is 24.0 Å². The smallest absolute Gasteiger partial charge is 0.223 e. The molecule has 4 rings (SSSR count). The number of hydrogen-bond acceptors (Lipinski definition) is 2. The second-order valence-corrected chi connectivity index (χ2v) is 8.32. The molecule has 162 valence electrons. The lowest BCUT2D eigenvalue weighted by Gasteiger charge is -2.30. The Kier molecular flexibility index (Phi) is 8.36. The molecule has 2 unspecified atom stereocenters. The number of fused-ring (bicyclic) bond motifs is 1. The number of aliphatic imine (C=N–C) groups is 1. The highest BCUT2D eigenvalue weighted by molar-refractivity contribution is 14.0. The van der Waals surface area contributed by atoms with Crippen LogP contribution in [0.15, 0.2) is 47.5 Å². The second kappa shape index (κ2) is 11.0. The standard InChI is InChI=1S/C24H32N4O.HI/c1-2-25-24(26-16-19-10-5-8-17-7-3-4-12-22(17)19)28-21-11-6-9-18(15-21)23(29)27-20-13-14-20;/h3-5,7-8,10,12,18,20-21H,2,6,9,11,13-16H2,1H3,(H,27,29)(H2,25,26,28);1H. The molecule has 2 atom stereocenters. The van der Waals surface area contributed by atoms with E-state index in [1.165, 1.54) is 16.3 Å². The number of rotatable bonds is 6. The third-order valence-corrected chi connectivity index (χ3v) is 5.94. The molecule has 0 bridgehead atoms. The minimum atomic E-state index is 0. The fourth-order valence-corrected chi connectivity index (χ4v) is 4.21. The van der Waals surface area contributed by atoms with Gasteiger partial charge in [0.15, 0.2) is 5.96 Å². The summed E-state index contributed by atoms with van der Waals surface area (Å²) in [5, 5.41) is 12.6. The van der Waals surface area contributed by atoms with E-state index in [0.29, 0.717) is 18.6 Å². The molecule has 2 fully saturated rings. The Hall–Kier alpha value is -1.83. The molecule has 0 aliphatic heterocycles. The minimum Gasteiger partial charge on any atom is -0.357 e. The lowest BCUT2D eigenvalue weighted by atomic mass is 9.85. The first-order chi connectivity index (χ1) is 14.2. The van der Waals surface area contributed by atoms with Crippen molar-refractivity contribution >= 4 is 46.6 Å².